The van der Waals surface area contributed by atoms with Gasteiger partial charge in [0.15, 0.2) is 6.29 Å². The van der Waals surface area contributed by atoms with Crippen molar-refractivity contribution >= 4 is 22.6 Å². The van der Waals surface area contributed by atoms with Crippen molar-refractivity contribution in [3.05, 3.63) is 0 Å². The van der Waals surface area contributed by atoms with Crippen LogP contribution in [0, 0.1) is 0 Å². The van der Waals surface area contributed by atoms with E-state index in [1.807, 2.05) is 0 Å². The van der Waals surface area contributed by atoms with Crippen LogP contribution in [0.25, 0.3) is 0 Å². The summed E-state index contributed by atoms with van der Waals surface area (Å²) in [7, 11) is 0. The van der Waals surface area contributed by atoms with E-state index in [9.17, 15) is 0 Å². The molecule has 0 spiro atoms. The second-order valence-electron chi connectivity index (χ2n) is 4.83. The van der Waals surface area contributed by atoms with Gasteiger partial charge in [-0.05, 0) is 36.5 Å². The van der Waals surface area contributed by atoms with Gasteiger partial charge in [0.25, 0.3) is 0 Å². The largest absolute Gasteiger partial charge is 0.353 e. The summed E-state index contributed by atoms with van der Waals surface area (Å²) < 4.78 is 12.5. The second-order valence-corrected chi connectivity index (χ2v) is 5.91. The van der Waals surface area contributed by atoms with Gasteiger partial charge in [-0.15, -0.1) is 0 Å². The highest BCUT2D eigenvalue weighted by atomic mass is 127. The summed E-state index contributed by atoms with van der Waals surface area (Å²) in [6.45, 7) is 1.78. The number of halogens is 1. The molecule has 0 amide bonds. The SMILES string of the molecule is ICCCCCCCCCOC1CCCCO1. The standard InChI is InChI=1S/C14H27IO2/c15-11-7-4-2-1-3-5-8-12-16-14-10-6-9-13-17-14/h14H,1-13H2. The van der Waals surface area contributed by atoms with E-state index in [2.05, 4.69) is 22.6 Å². The maximum absolute atomic E-state index is 5.70. The first-order valence-corrected chi connectivity index (χ1v) is 8.75. The molecule has 1 saturated heterocycles. The first-order chi connectivity index (χ1) is 8.43. The highest BCUT2D eigenvalue weighted by Gasteiger charge is 2.13. The van der Waals surface area contributed by atoms with Gasteiger partial charge in [0, 0.05) is 13.2 Å². The van der Waals surface area contributed by atoms with E-state index in [-0.39, 0.29) is 6.29 Å². The molecule has 1 aliphatic rings. The minimum atomic E-state index is 0.104. The Balaban J connectivity index is 1.75. The van der Waals surface area contributed by atoms with Crippen molar-refractivity contribution in [3.8, 4) is 0 Å². The second kappa shape index (κ2) is 11.7. The molecule has 0 saturated carbocycles. The molecule has 3 heteroatoms. The van der Waals surface area contributed by atoms with Gasteiger partial charge < -0.3 is 9.47 Å². The fourth-order valence-electron chi connectivity index (χ4n) is 2.14. The zero-order valence-electron chi connectivity index (χ0n) is 11.0. The van der Waals surface area contributed by atoms with Gasteiger partial charge in [-0.3, -0.25) is 0 Å². The van der Waals surface area contributed by atoms with E-state index in [0.717, 1.165) is 19.6 Å². The van der Waals surface area contributed by atoms with Gasteiger partial charge in [0.05, 0.1) is 0 Å². The van der Waals surface area contributed by atoms with Gasteiger partial charge in [-0.1, -0.05) is 54.7 Å². The predicted molar refractivity (Wildman–Crippen MR) is 80.7 cm³/mol. The molecule has 1 heterocycles. The average Bonchev–Trinajstić information content (AvgIpc) is 2.38. The first kappa shape index (κ1) is 15.7. The maximum atomic E-state index is 5.70. The topological polar surface area (TPSA) is 18.5 Å². The van der Waals surface area contributed by atoms with Crippen LogP contribution in [0.4, 0.5) is 0 Å². The fraction of sp³-hybridized carbons (Fsp3) is 1.00. The molecule has 102 valence electrons. The molecule has 0 aromatic carbocycles. The van der Waals surface area contributed by atoms with Crippen LogP contribution in [0.15, 0.2) is 0 Å². The summed E-state index contributed by atoms with van der Waals surface area (Å²) in [5.41, 5.74) is 0. The lowest BCUT2D eigenvalue weighted by atomic mass is 10.1. The number of ether oxygens (including phenoxy) is 2. The molecular formula is C14H27IO2. The monoisotopic (exact) mass is 354 g/mol. The van der Waals surface area contributed by atoms with Crippen molar-refractivity contribution in [1.82, 2.24) is 0 Å². The smallest absolute Gasteiger partial charge is 0.157 e. The molecule has 0 aromatic heterocycles. The van der Waals surface area contributed by atoms with Crippen molar-refractivity contribution in [1.29, 1.82) is 0 Å². The summed E-state index contributed by atoms with van der Waals surface area (Å²) in [5.74, 6) is 0. The number of hydrogen-bond acceptors (Lipinski definition) is 2. The molecular weight excluding hydrogens is 327 g/mol. The van der Waals surface area contributed by atoms with E-state index < -0.39 is 0 Å². The molecule has 0 aromatic rings. The van der Waals surface area contributed by atoms with Crippen LogP contribution in [0.3, 0.4) is 0 Å². The van der Waals surface area contributed by atoms with Gasteiger partial charge in [0.2, 0.25) is 0 Å². The van der Waals surface area contributed by atoms with E-state index in [1.54, 1.807) is 0 Å². The number of hydrogen-bond donors (Lipinski definition) is 0. The Hall–Kier alpha value is 0.650. The quantitative estimate of drug-likeness (QED) is 0.322. The van der Waals surface area contributed by atoms with Gasteiger partial charge in [0.1, 0.15) is 0 Å². The minimum absolute atomic E-state index is 0.104. The Labute approximate surface area is 120 Å². The highest BCUT2D eigenvalue weighted by molar-refractivity contribution is 14.1. The van der Waals surface area contributed by atoms with Crippen molar-refractivity contribution in [3.63, 3.8) is 0 Å². The van der Waals surface area contributed by atoms with Crippen LogP contribution in [0.2, 0.25) is 0 Å². The third-order valence-electron chi connectivity index (χ3n) is 3.22. The minimum Gasteiger partial charge on any atom is -0.353 e. The lowest BCUT2D eigenvalue weighted by Gasteiger charge is -2.22. The zero-order chi connectivity index (χ0) is 12.2. The summed E-state index contributed by atoms with van der Waals surface area (Å²) >= 11 is 2.46. The van der Waals surface area contributed by atoms with Gasteiger partial charge >= 0.3 is 0 Å². The number of unbranched alkanes of at least 4 members (excludes halogenated alkanes) is 6. The van der Waals surface area contributed by atoms with Gasteiger partial charge in [-0.25, -0.2) is 0 Å². The molecule has 1 atom stereocenters. The molecule has 17 heavy (non-hydrogen) atoms. The zero-order valence-corrected chi connectivity index (χ0v) is 13.1. The van der Waals surface area contributed by atoms with E-state index >= 15 is 0 Å². The molecule has 1 unspecified atom stereocenters. The Morgan fingerprint density at radius 2 is 1.65 bits per heavy atom. The third kappa shape index (κ3) is 9.25. The molecule has 2 nitrogen and oxygen atoms in total. The molecule has 0 radical (unpaired) electrons. The van der Waals surface area contributed by atoms with Crippen molar-refractivity contribution in [2.75, 3.05) is 17.6 Å². The van der Waals surface area contributed by atoms with Crippen LogP contribution in [-0.4, -0.2) is 23.9 Å². The molecule has 0 bridgehead atoms. The Bertz CT molecular complexity index is 158. The van der Waals surface area contributed by atoms with E-state index in [4.69, 9.17) is 9.47 Å². The van der Waals surface area contributed by atoms with Crippen LogP contribution >= 0.6 is 22.6 Å². The average molecular weight is 354 g/mol. The maximum Gasteiger partial charge on any atom is 0.157 e. The van der Waals surface area contributed by atoms with Crippen LogP contribution in [0.5, 0.6) is 0 Å². The Morgan fingerprint density at radius 3 is 2.29 bits per heavy atom. The van der Waals surface area contributed by atoms with Gasteiger partial charge in [-0.2, -0.15) is 0 Å². The third-order valence-corrected chi connectivity index (χ3v) is 3.98. The Morgan fingerprint density at radius 1 is 0.941 bits per heavy atom. The lowest BCUT2D eigenvalue weighted by molar-refractivity contribution is -0.162. The first-order valence-electron chi connectivity index (χ1n) is 7.22. The van der Waals surface area contributed by atoms with Crippen molar-refractivity contribution < 1.29 is 9.47 Å². The molecule has 1 rings (SSSR count). The lowest BCUT2D eigenvalue weighted by Crippen LogP contribution is -2.22. The van der Waals surface area contributed by atoms with Crippen LogP contribution < -0.4 is 0 Å². The van der Waals surface area contributed by atoms with Crippen LogP contribution in [0.1, 0.15) is 64.2 Å². The molecule has 0 N–H and O–H groups in total. The van der Waals surface area contributed by atoms with Crippen molar-refractivity contribution in [2.45, 2.75) is 70.5 Å². The molecule has 0 aliphatic carbocycles. The van der Waals surface area contributed by atoms with E-state index in [0.29, 0.717) is 0 Å². The molecule has 1 aliphatic heterocycles. The fourth-order valence-corrected chi connectivity index (χ4v) is 2.68. The highest BCUT2D eigenvalue weighted by Crippen LogP contribution is 2.14. The predicted octanol–water partition coefficient (Wildman–Crippen LogP) is 4.70. The Kier molecular flexibility index (Phi) is 10.8. The summed E-state index contributed by atoms with van der Waals surface area (Å²) in [4.78, 5) is 0. The number of rotatable bonds is 10. The summed E-state index contributed by atoms with van der Waals surface area (Å²) in [5, 5.41) is 0. The normalized spacial score (nSPS) is 20.6. The molecule has 1 fully saturated rings. The summed E-state index contributed by atoms with van der Waals surface area (Å²) in [6.07, 6.45) is 13.2. The van der Waals surface area contributed by atoms with Crippen LogP contribution in [-0.2, 0) is 9.47 Å². The summed E-state index contributed by atoms with van der Waals surface area (Å²) in [6, 6.07) is 0. The van der Waals surface area contributed by atoms with E-state index in [1.165, 1.54) is 62.2 Å². The number of alkyl halides is 1. The van der Waals surface area contributed by atoms with Crippen molar-refractivity contribution in [2.24, 2.45) is 0 Å².